The van der Waals surface area contributed by atoms with Gasteiger partial charge in [0.05, 0.1) is 93.3 Å². The highest BCUT2D eigenvalue weighted by Crippen LogP contribution is 2.28. The second-order valence-electron chi connectivity index (χ2n) is 13.9. The van der Waals surface area contributed by atoms with Crippen LogP contribution in [0.2, 0.25) is 20.1 Å². The topological polar surface area (TPSA) is 139 Å². The number of rotatable bonds is 11. The first-order valence-corrected chi connectivity index (χ1v) is 20.0. The molecule has 0 aliphatic rings. The molecule has 0 bridgehead atoms. The molecule has 3 heterocycles. The summed E-state index contributed by atoms with van der Waals surface area (Å²) < 4.78 is 8.95. The molecular weight excluding hydrogens is 828 g/mol. The maximum atomic E-state index is 10.9. The van der Waals surface area contributed by atoms with E-state index in [0.29, 0.717) is 50.9 Å². The number of nitrogens with one attached hydrogen (secondary N) is 2. The average molecular weight is 868 g/mol. The Morgan fingerprint density at radius 1 is 0.627 bits per heavy atom. The van der Waals surface area contributed by atoms with Crippen LogP contribution in [0.3, 0.4) is 0 Å². The number of nitrogens with zero attached hydrogens (tertiary/aromatic N) is 7. The van der Waals surface area contributed by atoms with Crippen LogP contribution in [-0.4, -0.2) is 43.5 Å². The number of aliphatic hydroxyl groups is 2. The molecule has 0 saturated carbocycles. The number of halogens is 4. The van der Waals surface area contributed by atoms with E-state index in [1.165, 1.54) is 11.1 Å². The molecule has 0 radical (unpaired) electrons. The monoisotopic (exact) mass is 865 g/mol. The van der Waals surface area contributed by atoms with Crippen molar-refractivity contribution in [2.45, 2.75) is 51.9 Å². The molecule has 2 unspecified atom stereocenters. The maximum absolute atomic E-state index is 10.9. The van der Waals surface area contributed by atoms with Crippen LogP contribution in [0.1, 0.15) is 40.2 Å². The first-order valence-electron chi connectivity index (χ1n) is 18.5. The van der Waals surface area contributed by atoms with Crippen LogP contribution in [0.4, 0.5) is 0 Å². The van der Waals surface area contributed by atoms with E-state index in [1.54, 1.807) is 50.1 Å². The van der Waals surface area contributed by atoms with E-state index in [-0.39, 0.29) is 24.3 Å². The Balaban J connectivity index is 0.000000192. The predicted molar refractivity (Wildman–Crippen MR) is 233 cm³/mol. The van der Waals surface area contributed by atoms with E-state index in [1.807, 2.05) is 76.1 Å². The number of aryl methyl sites for hydroxylation is 1. The van der Waals surface area contributed by atoms with Crippen LogP contribution in [0.15, 0.2) is 115 Å². The summed E-state index contributed by atoms with van der Waals surface area (Å²) >= 11 is 24.1. The third-order valence-electron chi connectivity index (χ3n) is 10.1. The Morgan fingerprint density at radius 3 is 1.61 bits per heavy atom. The SMILES string of the molecule is C#CCn1c(=N)n(CC(O)c2ccc(Cl)c(Cl)c2)c2ccccc21.Cc1ccccc1Cn1cc(Cn2c(=N)n(CC(O)c3ccc(Cl)c(Cl)c3)c3ccccc32)nn1. The lowest BCUT2D eigenvalue weighted by atomic mass is 10.1. The molecule has 5 aromatic carbocycles. The number of aromatic nitrogens is 7. The van der Waals surface area contributed by atoms with Gasteiger partial charge in [0.15, 0.2) is 0 Å². The van der Waals surface area contributed by atoms with Gasteiger partial charge >= 0.3 is 0 Å². The lowest BCUT2D eigenvalue weighted by Gasteiger charge is -2.13. The lowest BCUT2D eigenvalue weighted by molar-refractivity contribution is 0.155. The van der Waals surface area contributed by atoms with Crippen molar-refractivity contribution in [2.24, 2.45) is 0 Å². The molecule has 0 aliphatic carbocycles. The molecule has 0 aliphatic heterocycles. The van der Waals surface area contributed by atoms with Crippen molar-refractivity contribution in [2.75, 3.05) is 0 Å². The van der Waals surface area contributed by atoms with Gasteiger partial charge in [-0.05, 0) is 77.7 Å². The van der Waals surface area contributed by atoms with Gasteiger partial charge in [-0.2, -0.15) is 0 Å². The minimum absolute atomic E-state index is 0.199. The van der Waals surface area contributed by atoms with Crippen molar-refractivity contribution in [3.8, 4) is 12.3 Å². The summed E-state index contributed by atoms with van der Waals surface area (Å²) in [5, 5.41) is 49.0. The molecule has 300 valence electrons. The third kappa shape index (κ3) is 9.04. The van der Waals surface area contributed by atoms with Crippen LogP contribution in [0.25, 0.3) is 22.1 Å². The molecular formula is C44H39Cl4N9O2. The quantitative estimate of drug-likeness (QED) is 0.0969. The van der Waals surface area contributed by atoms with Crippen LogP contribution in [0, 0.1) is 30.1 Å². The minimum Gasteiger partial charge on any atom is -0.387 e. The summed E-state index contributed by atoms with van der Waals surface area (Å²) in [7, 11) is 0. The van der Waals surface area contributed by atoms with Gasteiger partial charge in [0.25, 0.3) is 0 Å². The molecule has 15 heteroatoms. The summed E-state index contributed by atoms with van der Waals surface area (Å²) in [6.07, 6.45) is 5.65. The first kappa shape index (κ1) is 41.6. The molecule has 0 amide bonds. The van der Waals surface area contributed by atoms with E-state index in [0.717, 1.165) is 27.8 Å². The largest absolute Gasteiger partial charge is 0.387 e. The van der Waals surface area contributed by atoms with Crippen molar-refractivity contribution >= 4 is 68.5 Å². The van der Waals surface area contributed by atoms with Crippen molar-refractivity contribution < 1.29 is 10.2 Å². The molecule has 8 rings (SSSR count). The molecule has 59 heavy (non-hydrogen) atoms. The zero-order valence-electron chi connectivity index (χ0n) is 31.8. The molecule has 11 nitrogen and oxygen atoms in total. The molecule has 8 aromatic rings. The minimum atomic E-state index is -0.854. The molecule has 4 N–H and O–H groups in total. The highest BCUT2D eigenvalue weighted by Gasteiger charge is 2.18. The molecule has 0 spiro atoms. The van der Waals surface area contributed by atoms with Gasteiger partial charge in [-0.15, -0.1) is 11.5 Å². The Bertz CT molecular complexity index is 2960. The van der Waals surface area contributed by atoms with Gasteiger partial charge in [-0.1, -0.05) is 118 Å². The second-order valence-corrected chi connectivity index (χ2v) is 15.6. The van der Waals surface area contributed by atoms with Crippen LogP contribution in [0.5, 0.6) is 0 Å². The van der Waals surface area contributed by atoms with E-state index in [2.05, 4.69) is 35.3 Å². The fraction of sp³-hybridized carbons (Fsp3) is 0.182. The van der Waals surface area contributed by atoms with E-state index in [4.69, 9.17) is 63.6 Å². The number of hydrogen-bond acceptors (Lipinski definition) is 6. The van der Waals surface area contributed by atoms with Crippen molar-refractivity contribution in [1.82, 2.24) is 33.3 Å². The van der Waals surface area contributed by atoms with E-state index >= 15 is 0 Å². The molecule has 3 aromatic heterocycles. The number of hydrogen-bond donors (Lipinski definition) is 4. The normalized spacial score (nSPS) is 12.3. The molecule has 0 fully saturated rings. The van der Waals surface area contributed by atoms with Gasteiger partial charge in [0, 0.05) is 0 Å². The van der Waals surface area contributed by atoms with E-state index in [9.17, 15) is 10.2 Å². The Hall–Kier alpha value is -5.58. The van der Waals surface area contributed by atoms with Gasteiger partial charge in [-0.3, -0.25) is 15.4 Å². The number of imidazole rings is 2. The van der Waals surface area contributed by atoms with Gasteiger partial charge in [0.2, 0.25) is 11.2 Å². The average Bonchev–Trinajstić information content (AvgIpc) is 3.87. The number of benzene rings is 5. The highest BCUT2D eigenvalue weighted by atomic mass is 35.5. The molecule has 2 atom stereocenters. The van der Waals surface area contributed by atoms with Gasteiger partial charge in [0.1, 0.15) is 5.69 Å². The number of para-hydroxylation sites is 4. The summed E-state index contributed by atoms with van der Waals surface area (Å²) in [4.78, 5) is 0. The lowest BCUT2D eigenvalue weighted by Crippen LogP contribution is -2.27. The Morgan fingerprint density at radius 2 is 1.10 bits per heavy atom. The van der Waals surface area contributed by atoms with Crippen LogP contribution >= 0.6 is 46.4 Å². The zero-order chi connectivity index (χ0) is 41.8. The maximum Gasteiger partial charge on any atom is 0.203 e. The number of aliphatic hydroxyl groups excluding tert-OH is 2. The summed E-state index contributed by atoms with van der Waals surface area (Å²) in [5.74, 6) is 2.56. The summed E-state index contributed by atoms with van der Waals surface area (Å²) in [5.41, 5.74) is 8.38. The number of terminal acetylenes is 1. The second kappa shape index (κ2) is 18.1. The van der Waals surface area contributed by atoms with Crippen LogP contribution < -0.4 is 11.2 Å². The highest BCUT2D eigenvalue weighted by molar-refractivity contribution is 6.42. The summed E-state index contributed by atoms with van der Waals surface area (Å²) in [6, 6.07) is 33.7. The predicted octanol–water partition coefficient (Wildman–Crippen LogP) is 8.56. The van der Waals surface area contributed by atoms with Crippen LogP contribution in [-0.2, 0) is 32.7 Å². The number of fused-ring (bicyclic) bond motifs is 2. The van der Waals surface area contributed by atoms with Crippen molar-refractivity contribution in [3.05, 3.63) is 175 Å². The fourth-order valence-corrected chi connectivity index (χ4v) is 7.59. The smallest absolute Gasteiger partial charge is 0.203 e. The van der Waals surface area contributed by atoms with E-state index < -0.39 is 12.2 Å². The standard InChI is InChI=1S/C26H24Cl2N6O.C18H15Cl2N3O/c1-17-6-2-3-7-19(17)13-32-14-20(30-31-32)15-33-23-8-4-5-9-24(23)34(26(33)29)16-25(35)18-10-11-21(27)22(28)12-18;1-2-9-22-15-5-3-4-6-16(15)23(18(22)21)11-17(24)12-7-8-13(19)14(20)10-12/h2-12,14,25,29,35H,13,15-16H2,1H3;1,3-8,10,17,21,24H,9,11H2. The van der Waals surface area contributed by atoms with Crippen molar-refractivity contribution in [3.63, 3.8) is 0 Å². The zero-order valence-corrected chi connectivity index (χ0v) is 34.8. The molecule has 0 saturated heterocycles. The van der Waals surface area contributed by atoms with Crippen molar-refractivity contribution in [1.29, 1.82) is 10.8 Å². The fourth-order valence-electron chi connectivity index (χ4n) is 6.98. The Labute approximate surface area is 359 Å². The van der Waals surface area contributed by atoms with Gasteiger partial charge < -0.3 is 23.9 Å². The summed E-state index contributed by atoms with van der Waals surface area (Å²) in [6.45, 7) is 3.82. The van der Waals surface area contributed by atoms with Gasteiger partial charge in [-0.25, -0.2) is 4.68 Å². The first-order chi connectivity index (χ1) is 28.4. The Kier molecular flexibility index (Phi) is 12.8. The third-order valence-corrected chi connectivity index (χ3v) is 11.5.